The van der Waals surface area contributed by atoms with E-state index in [2.05, 4.69) is 11.6 Å². The summed E-state index contributed by atoms with van der Waals surface area (Å²) in [6, 6.07) is 7.75. The first kappa shape index (κ1) is 15.5. The molecule has 1 aromatic rings. The lowest BCUT2D eigenvalue weighted by molar-refractivity contribution is -0.132. The minimum atomic E-state index is -1.20. The van der Waals surface area contributed by atoms with E-state index in [1.54, 1.807) is 6.92 Å². The lowest BCUT2D eigenvalue weighted by Crippen LogP contribution is -2.11. The summed E-state index contributed by atoms with van der Waals surface area (Å²) in [5, 5.41) is 8.90. The van der Waals surface area contributed by atoms with Crippen molar-refractivity contribution in [3.63, 3.8) is 0 Å². The van der Waals surface area contributed by atoms with Crippen molar-refractivity contribution < 1.29 is 14.6 Å². The monoisotopic (exact) mass is 274 g/mol. The van der Waals surface area contributed by atoms with Gasteiger partial charge >= 0.3 is 5.97 Å². The maximum absolute atomic E-state index is 10.9. The topological polar surface area (TPSA) is 84.9 Å². The summed E-state index contributed by atoms with van der Waals surface area (Å²) in [5.41, 5.74) is 8.25. The molecule has 0 aliphatic rings. The van der Waals surface area contributed by atoms with Crippen molar-refractivity contribution >= 4 is 11.7 Å². The molecule has 0 saturated carbocycles. The number of aryl methyl sites for hydroxylation is 1. The van der Waals surface area contributed by atoms with E-state index in [0.29, 0.717) is 5.71 Å². The van der Waals surface area contributed by atoms with Crippen molar-refractivity contribution in [2.45, 2.75) is 13.8 Å². The fourth-order valence-corrected chi connectivity index (χ4v) is 1.57. The predicted octanol–water partition coefficient (Wildman–Crippen LogP) is 2.22. The quantitative estimate of drug-likeness (QED) is 0.373. The summed E-state index contributed by atoms with van der Waals surface area (Å²) >= 11 is 0. The molecule has 0 amide bonds. The minimum absolute atomic E-state index is 0.0158. The molecule has 0 unspecified atom stereocenters. The van der Waals surface area contributed by atoms with Crippen molar-refractivity contribution in [2.24, 2.45) is 10.7 Å². The summed E-state index contributed by atoms with van der Waals surface area (Å²) in [4.78, 5) is 15.1. The van der Waals surface area contributed by atoms with E-state index < -0.39 is 5.97 Å². The van der Waals surface area contributed by atoms with E-state index >= 15 is 0 Å². The second-order valence-corrected chi connectivity index (χ2v) is 4.27. The van der Waals surface area contributed by atoms with E-state index in [1.165, 1.54) is 7.11 Å². The number of ether oxygens (including phenoxy) is 1. The fraction of sp³-hybridized carbons (Fsp3) is 0.200. The molecule has 1 rings (SSSR count). The number of rotatable bonds is 5. The number of carboxylic acids is 1. The third kappa shape index (κ3) is 3.71. The molecule has 0 aliphatic heterocycles. The molecule has 5 nitrogen and oxygen atoms in total. The Bertz CT molecular complexity index is 584. The standard InChI is InChI=1S/C15H18N2O3/c1-9-5-7-12(8-6-9)11(3)17-14(16)13(20-4)10(2)15(18)19/h5-8H,2,16H2,1,3-4H3,(H,18,19)/b14-13+,17-11+. The lowest BCUT2D eigenvalue weighted by Gasteiger charge is -2.08. The van der Waals surface area contributed by atoms with Gasteiger partial charge in [0, 0.05) is 5.71 Å². The number of nitrogens with two attached hydrogens (primary N) is 1. The molecular formula is C15H18N2O3. The molecule has 20 heavy (non-hydrogen) atoms. The summed E-state index contributed by atoms with van der Waals surface area (Å²) < 4.78 is 4.96. The normalized spacial score (nSPS) is 12.7. The Kier molecular flexibility index (Phi) is 5.08. The molecule has 0 aliphatic carbocycles. The molecular weight excluding hydrogens is 256 g/mol. The first-order valence-electron chi connectivity index (χ1n) is 5.95. The molecule has 0 spiro atoms. The number of nitrogens with zero attached hydrogens (tertiary/aromatic N) is 1. The summed E-state index contributed by atoms with van der Waals surface area (Å²) in [5.74, 6) is -1.25. The van der Waals surface area contributed by atoms with Crippen molar-refractivity contribution in [2.75, 3.05) is 7.11 Å². The van der Waals surface area contributed by atoms with Crippen molar-refractivity contribution in [3.05, 3.63) is 59.1 Å². The van der Waals surface area contributed by atoms with Crippen LogP contribution in [0, 0.1) is 6.92 Å². The summed E-state index contributed by atoms with van der Waals surface area (Å²) in [6.07, 6.45) is 0. The largest absolute Gasteiger partial charge is 0.492 e. The Labute approximate surface area is 118 Å². The van der Waals surface area contributed by atoms with Crippen molar-refractivity contribution in [3.8, 4) is 0 Å². The van der Waals surface area contributed by atoms with Crippen molar-refractivity contribution in [1.82, 2.24) is 0 Å². The highest BCUT2D eigenvalue weighted by Crippen LogP contribution is 2.14. The number of hydrogen-bond acceptors (Lipinski definition) is 4. The van der Waals surface area contributed by atoms with Gasteiger partial charge < -0.3 is 15.6 Å². The number of carbonyl (C=O) groups is 1. The van der Waals surface area contributed by atoms with E-state index in [0.717, 1.165) is 11.1 Å². The van der Waals surface area contributed by atoms with Gasteiger partial charge in [0.25, 0.3) is 0 Å². The van der Waals surface area contributed by atoms with Crippen LogP contribution in [0.4, 0.5) is 0 Å². The lowest BCUT2D eigenvalue weighted by atomic mass is 10.1. The van der Waals surface area contributed by atoms with Crippen LogP contribution in [0.3, 0.4) is 0 Å². The molecule has 0 aromatic heterocycles. The SMILES string of the molecule is C=C(C(=O)O)/C(OC)=C(N)\N=C(/C)c1ccc(C)cc1. The minimum Gasteiger partial charge on any atom is -0.492 e. The van der Waals surface area contributed by atoms with Crippen LogP contribution in [0.5, 0.6) is 0 Å². The van der Waals surface area contributed by atoms with Crippen LogP contribution in [0.2, 0.25) is 0 Å². The smallest absolute Gasteiger partial charge is 0.339 e. The van der Waals surface area contributed by atoms with Gasteiger partial charge in [-0.05, 0) is 19.4 Å². The maximum Gasteiger partial charge on any atom is 0.339 e. The van der Waals surface area contributed by atoms with Gasteiger partial charge in [0.05, 0.1) is 12.7 Å². The first-order chi connectivity index (χ1) is 9.36. The summed E-state index contributed by atoms with van der Waals surface area (Å²) in [7, 11) is 1.33. The molecule has 0 heterocycles. The Morgan fingerprint density at radius 1 is 1.35 bits per heavy atom. The molecule has 0 bridgehead atoms. The van der Waals surface area contributed by atoms with Crippen molar-refractivity contribution in [1.29, 1.82) is 0 Å². The van der Waals surface area contributed by atoms with Gasteiger partial charge in [0.2, 0.25) is 0 Å². The Balaban J connectivity index is 3.15. The zero-order valence-electron chi connectivity index (χ0n) is 11.8. The second-order valence-electron chi connectivity index (χ2n) is 4.27. The van der Waals surface area contributed by atoms with Gasteiger partial charge in [-0.2, -0.15) is 0 Å². The molecule has 0 fully saturated rings. The fourth-order valence-electron chi connectivity index (χ4n) is 1.57. The highest BCUT2D eigenvalue weighted by atomic mass is 16.5. The first-order valence-corrected chi connectivity index (χ1v) is 5.95. The molecule has 0 atom stereocenters. The predicted molar refractivity (Wildman–Crippen MR) is 78.4 cm³/mol. The molecule has 5 heteroatoms. The molecule has 1 aromatic carbocycles. The average molecular weight is 274 g/mol. The zero-order valence-corrected chi connectivity index (χ0v) is 11.8. The molecule has 3 N–H and O–H groups in total. The number of methoxy groups -OCH3 is 1. The van der Waals surface area contributed by atoms with Crippen LogP contribution in [0.1, 0.15) is 18.1 Å². The highest BCUT2D eigenvalue weighted by Gasteiger charge is 2.15. The third-order valence-electron chi connectivity index (χ3n) is 2.73. The summed E-state index contributed by atoms with van der Waals surface area (Å²) in [6.45, 7) is 7.18. The Morgan fingerprint density at radius 3 is 2.35 bits per heavy atom. The van der Waals surface area contributed by atoms with E-state index in [4.69, 9.17) is 15.6 Å². The second kappa shape index (κ2) is 6.56. The number of hydrogen-bond donors (Lipinski definition) is 2. The van der Waals surface area contributed by atoms with Crippen LogP contribution in [0.25, 0.3) is 0 Å². The number of benzene rings is 1. The number of aliphatic imine (C=N–C) groups is 1. The van der Waals surface area contributed by atoms with Gasteiger partial charge in [0.1, 0.15) is 0 Å². The highest BCUT2D eigenvalue weighted by molar-refractivity contribution is 5.99. The van der Waals surface area contributed by atoms with Crippen LogP contribution >= 0.6 is 0 Å². The van der Waals surface area contributed by atoms with Gasteiger partial charge in [0.15, 0.2) is 11.6 Å². The Morgan fingerprint density at radius 2 is 1.90 bits per heavy atom. The van der Waals surface area contributed by atoms with Crippen LogP contribution in [-0.4, -0.2) is 23.9 Å². The van der Waals surface area contributed by atoms with E-state index in [-0.39, 0.29) is 17.2 Å². The van der Waals surface area contributed by atoms with Gasteiger partial charge in [-0.25, -0.2) is 9.79 Å². The zero-order chi connectivity index (χ0) is 15.3. The van der Waals surface area contributed by atoms with Gasteiger partial charge in [-0.15, -0.1) is 0 Å². The average Bonchev–Trinajstić information content (AvgIpc) is 2.39. The Hall–Kier alpha value is -2.56. The van der Waals surface area contributed by atoms with E-state index in [9.17, 15) is 4.79 Å². The van der Waals surface area contributed by atoms with Crippen LogP contribution < -0.4 is 5.73 Å². The molecule has 0 radical (unpaired) electrons. The van der Waals surface area contributed by atoms with Crippen LogP contribution in [0.15, 0.2) is 53.0 Å². The molecule has 0 saturated heterocycles. The maximum atomic E-state index is 10.9. The van der Waals surface area contributed by atoms with E-state index in [1.807, 2.05) is 31.2 Å². The van der Waals surface area contributed by atoms with Crippen LogP contribution in [-0.2, 0) is 9.53 Å². The number of carboxylic acid groups (broad SMARTS) is 1. The van der Waals surface area contributed by atoms with Gasteiger partial charge in [-0.3, -0.25) is 0 Å². The number of aliphatic carboxylic acids is 1. The van der Waals surface area contributed by atoms with Gasteiger partial charge in [-0.1, -0.05) is 36.4 Å². The molecule has 106 valence electrons. The third-order valence-corrected chi connectivity index (χ3v) is 2.73.